The van der Waals surface area contributed by atoms with E-state index in [-0.39, 0.29) is 18.4 Å². The van der Waals surface area contributed by atoms with Gasteiger partial charge in [0.2, 0.25) is 5.91 Å². The molecule has 0 radical (unpaired) electrons. The molecule has 0 bridgehead atoms. The average molecular weight is 360 g/mol. The molecule has 2 N–H and O–H groups in total. The largest absolute Gasteiger partial charge is 0.463 e. The lowest BCUT2D eigenvalue weighted by molar-refractivity contribution is -0.120. The third-order valence-electron chi connectivity index (χ3n) is 3.98. The Morgan fingerprint density at radius 1 is 1.20 bits per heavy atom. The van der Waals surface area contributed by atoms with E-state index < -0.39 is 0 Å². The third-order valence-corrected chi connectivity index (χ3v) is 4.35. The topological polar surface area (TPSA) is 76.3 Å². The quantitative estimate of drug-likeness (QED) is 0.710. The van der Waals surface area contributed by atoms with Gasteiger partial charge < -0.3 is 19.6 Å². The molecule has 0 saturated heterocycles. The Balaban J connectivity index is 1.47. The van der Waals surface area contributed by atoms with Crippen molar-refractivity contribution in [1.29, 1.82) is 0 Å². The summed E-state index contributed by atoms with van der Waals surface area (Å²) in [5, 5.41) is 6.05. The Hall–Kier alpha value is -2.73. The molecule has 0 saturated carbocycles. The first-order valence-electron chi connectivity index (χ1n) is 7.87. The zero-order valence-electron chi connectivity index (χ0n) is 13.7. The molecule has 7 heteroatoms. The van der Waals surface area contributed by atoms with Crippen molar-refractivity contribution in [3.8, 4) is 0 Å². The highest BCUT2D eigenvalue weighted by Crippen LogP contribution is 2.19. The fourth-order valence-corrected chi connectivity index (χ4v) is 2.85. The van der Waals surface area contributed by atoms with Crippen LogP contribution in [-0.4, -0.2) is 29.5 Å². The van der Waals surface area contributed by atoms with Gasteiger partial charge in [0.15, 0.2) is 5.58 Å². The predicted molar refractivity (Wildman–Crippen MR) is 95.7 cm³/mol. The molecule has 0 aliphatic rings. The molecule has 2 heterocycles. The highest BCUT2D eigenvalue weighted by molar-refractivity contribution is 6.31. The van der Waals surface area contributed by atoms with Crippen molar-refractivity contribution < 1.29 is 14.0 Å². The number of carbonyl (C=O) groups excluding carboxylic acids is 2. The van der Waals surface area contributed by atoms with E-state index in [1.54, 1.807) is 30.0 Å². The highest BCUT2D eigenvalue weighted by atomic mass is 35.5. The molecule has 0 aliphatic carbocycles. The van der Waals surface area contributed by atoms with Gasteiger partial charge in [-0.1, -0.05) is 29.8 Å². The second-order valence-electron chi connectivity index (χ2n) is 5.63. The minimum atomic E-state index is -0.324. The Kier molecular flexibility index (Phi) is 5.09. The van der Waals surface area contributed by atoms with Gasteiger partial charge in [-0.3, -0.25) is 9.59 Å². The number of hydrogen-bond donors (Lipinski definition) is 2. The van der Waals surface area contributed by atoms with Crippen molar-refractivity contribution in [3.05, 3.63) is 58.9 Å². The molecule has 0 fully saturated rings. The molecule has 3 rings (SSSR count). The molecule has 6 nitrogen and oxygen atoms in total. The maximum Gasteiger partial charge on any atom is 0.268 e. The van der Waals surface area contributed by atoms with Gasteiger partial charge in [-0.2, -0.15) is 0 Å². The van der Waals surface area contributed by atoms with Gasteiger partial charge in [0, 0.05) is 30.7 Å². The van der Waals surface area contributed by atoms with E-state index in [9.17, 15) is 9.59 Å². The van der Waals surface area contributed by atoms with Crippen LogP contribution in [0.25, 0.3) is 11.1 Å². The van der Waals surface area contributed by atoms with Gasteiger partial charge in [0.1, 0.15) is 5.69 Å². The van der Waals surface area contributed by atoms with E-state index in [4.69, 9.17) is 16.0 Å². The lowest BCUT2D eigenvalue weighted by Crippen LogP contribution is -2.38. The van der Waals surface area contributed by atoms with Crippen LogP contribution < -0.4 is 10.6 Å². The smallest absolute Gasteiger partial charge is 0.268 e. The van der Waals surface area contributed by atoms with Crippen LogP contribution in [0.4, 0.5) is 0 Å². The molecule has 0 spiro atoms. The van der Waals surface area contributed by atoms with E-state index >= 15 is 0 Å². The third kappa shape index (κ3) is 3.85. The van der Waals surface area contributed by atoms with Crippen LogP contribution in [0, 0.1) is 0 Å². The summed E-state index contributed by atoms with van der Waals surface area (Å²) in [5.41, 5.74) is 2.88. The van der Waals surface area contributed by atoms with Crippen molar-refractivity contribution in [2.24, 2.45) is 7.05 Å². The van der Waals surface area contributed by atoms with E-state index in [2.05, 4.69) is 10.6 Å². The minimum Gasteiger partial charge on any atom is -0.463 e. The second-order valence-corrected chi connectivity index (χ2v) is 6.04. The predicted octanol–water partition coefficient (Wildman–Crippen LogP) is 2.51. The molecule has 0 atom stereocenters. The maximum absolute atomic E-state index is 12.2. The molecule has 3 aromatic rings. The second kappa shape index (κ2) is 7.44. The average Bonchev–Trinajstić information content (AvgIpc) is 3.18. The van der Waals surface area contributed by atoms with Crippen molar-refractivity contribution in [1.82, 2.24) is 15.2 Å². The monoisotopic (exact) mass is 359 g/mol. The minimum absolute atomic E-state index is 0.0894. The number of fused-ring (bicyclic) bond motifs is 1. The fourth-order valence-electron chi connectivity index (χ4n) is 2.62. The van der Waals surface area contributed by atoms with Crippen LogP contribution in [0.2, 0.25) is 5.02 Å². The van der Waals surface area contributed by atoms with Crippen molar-refractivity contribution in [2.75, 3.05) is 13.1 Å². The van der Waals surface area contributed by atoms with Crippen LogP contribution in [-0.2, 0) is 18.3 Å². The molecular weight excluding hydrogens is 342 g/mol. The van der Waals surface area contributed by atoms with Gasteiger partial charge >= 0.3 is 0 Å². The number of nitrogens with one attached hydrogen (secondary N) is 2. The molecule has 2 aromatic heterocycles. The molecule has 2 amide bonds. The van der Waals surface area contributed by atoms with E-state index in [0.29, 0.717) is 29.3 Å². The number of nitrogens with zero attached hydrogens (tertiary/aromatic N) is 1. The Morgan fingerprint density at radius 3 is 2.76 bits per heavy atom. The van der Waals surface area contributed by atoms with Crippen molar-refractivity contribution in [2.45, 2.75) is 6.42 Å². The number of aryl methyl sites for hydroxylation is 1. The number of carbonyl (C=O) groups is 2. The first-order chi connectivity index (χ1) is 12.1. The standard InChI is InChI=1S/C18H18ClN3O3/c1-22-14-7-9-25-16(14)10-15(22)18(24)21-11-17(23)20-8-6-12-4-2-3-5-13(12)19/h2-5,7,9-10H,6,8,11H2,1H3,(H,20,23)(H,21,24). The van der Waals surface area contributed by atoms with Crippen molar-refractivity contribution >= 4 is 34.5 Å². The number of hydrogen-bond acceptors (Lipinski definition) is 3. The lowest BCUT2D eigenvalue weighted by atomic mass is 10.1. The molecular formula is C18H18ClN3O3. The van der Waals surface area contributed by atoms with Crippen molar-refractivity contribution in [3.63, 3.8) is 0 Å². The molecule has 0 unspecified atom stereocenters. The number of amides is 2. The maximum atomic E-state index is 12.2. The van der Waals surface area contributed by atoms with Gasteiger partial charge in [-0.15, -0.1) is 0 Å². The summed E-state index contributed by atoms with van der Waals surface area (Å²) < 4.78 is 6.99. The fraction of sp³-hybridized carbons (Fsp3) is 0.222. The van der Waals surface area contributed by atoms with E-state index in [1.165, 1.54) is 0 Å². The van der Waals surface area contributed by atoms with Crippen LogP contribution >= 0.6 is 11.6 Å². The summed E-state index contributed by atoms with van der Waals surface area (Å²) in [5.74, 6) is -0.576. The number of benzene rings is 1. The van der Waals surface area contributed by atoms with Gasteiger partial charge in [-0.05, 0) is 18.1 Å². The van der Waals surface area contributed by atoms with E-state index in [0.717, 1.165) is 11.1 Å². The first-order valence-corrected chi connectivity index (χ1v) is 8.25. The summed E-state index contributed by atoms with van der Waals surface area (Å²) >= 11 is 6.07. The van der Waals surface area contributed by atoms with Gasteiger partial charge in [0.05, 0.1) is 18.3 Å². The van der Waals surface area contributed by atoms with Crippen LogP contribution in [0.5, 0.6) is 0 Å². The highest BCUT2D eigenvalue weighted by Gasteiger charge is 2.15. The SMILES string of the molecule is Cn1c(C(=O)NCC(=O)NCCc2ccccc2Cl)cc2occc21. The summed E-state index contributed by atoms with van der Waals surface area (Å²) in [6, 6.07) is 10.9. The number of aromatic nitrogens is 1. The van der Waals surface area contributed by atoms with Gasteiger partial charge in [-0.25, -0.2) is 0 Å². The zero-order valence-corrected chi connectivity index (χ0v) is 14.5. The normalized spacial score (nSPS) is 10.8. The summed E-state index contributed by atoms with van der Waals surface area (Å²) in [7, 11) is 1.77. The zero-order chi connectivity index (χ0) is 17.8. The number of halogens is 1. The number of furan rings is 1. The molecule has 130 valence electrons. The molecule has 1 aromatic carbocycles. The first kappa shape index (κ1) is 17.1. The summed E-state index contributed by atoms with van der Waals surface area (Å²) in [6.07, 6.45) is 2.20. The lowest BCUT2D eigenvalue weighted by Gasteiger charge is -2.08. The van der Waals surface area contributed by atoms with Crippen LogP contribution in [0.15, 0.2) is 47.1 Å². The van der Waals surface area contributed by atoms with Crippen LogP contribution in [0.1, 0.15) is 16.1 Å². The Morgan fingerprint density at radius 2 is 2.00 bits per heavy atom. The Labute approximate surface area is 149 Å². The number of rotatable bonds is 6. The molecule has 0 aliphatic heterocycles. The summed E-state index contributed by atoms with van der Waals surface area (Å²) in [6.45, 7) is 0.365. The van der Waals surface area contributed by atoms with Gasteiger partial charge in [0.25, 0.3) is 5.91 Å². The van der Waals surface area contributed by atoms with E-state index in [1.807, 2.05) is 24.3 Å². The Bertz CT molecular complexity index is 913. The van der Waals surface area contributed by atoms with Crippen LogP contribution in [0.3, 0.4) is 0 Å². The molecule has 25 heavy (non-hydrogen) atoms. The summed E-state index contributed by atoms with van der Waals surface area (Å²) in [4.78, 5) is 24.1.